The van der Waals surface area contributed by atoms with Crippen LogP contribution in [0.15, 0.2) is 60.8 Å². The molecule has 0 bridgehead atoms. The highest BCUT2D eigenvalue weighted by Gasteiger charge is 2.17. The Morgan fingerprint density at radius 2 is 0.662 bits per heavy atom. The second kappa shape index (κ2) is 58.9. The number of carbonyl (C=O) groups excluding carboxylic acids is 2. The summed E-state index contributed by atoms with van der Waals surface area (Å²) in [7, 11) is 0. The van der Waals surface area contributed by atoms with Gasteiger partial charge in [-0.2, -0.15) is 0 Å². The maximum absolute atomic E-state index is 12.8. The molecule has 0 aromatic carbocycles. The summed E-state index contributed by atoms with van der Waals surface area (Å²) in [4.78, 5) is 25.5. The van der Waals surface area contributed by atoms with E-state index in [2.05, 4.69) is 81.5 Å². The molecule has 1 unspecified atom stereocenters. The Labute approximate surface area is 424 Å². The maximum atomic E-state index is 12.8. The van der Waals surface area contributed by atoms with Gasteiger partial charge in [0.25, 0.3) is 0 Å². The van der Waals surface area contributed by atoms with Crippen molar-refractivity contribution in [3.8, 4) is 0 Å². The molecule has 0 rings (SSSR count). The summed E-state index contributed by atoms with van der Waals surface area (Å²) in [6.45, 7) is 7.72. The second-order valence-electron chi connectivity index (χ2n) is 19.9. The number of carbonyl (C=O) groups is 2. The van der Waals surface area contributed by atoms with Crippen molar-refractivity contribution >= 4 is 11.9 Å². The minimum Gasteiger partial charge on any atom is -0.462 e. The Morgan fingerprint density at radius 1 is 0.338 bits per heavy atom. The van der Waals surface area contributed by atoms with Crippen molar-refractivity contribution in [3.05, 3.63) is 60.8 Å². The zero-order valence-electron chi connectivity index (χ0n) is 45.6. The summed E-state index contributed by atoms with van der Waals surface area (Å²) in [6.07, 6.45) is 75.3. The number of rotatable bonds is 55. The Balaban J connectivity index is 4.24. The maximum Gasteiger partial charge on any atom is 0.306 e. The van der Waals surface area contributed by atoms with E-state index in [4.69, 9.17) is 14.2 Å². The highest BCUT2D eigenvalue weighted by atomic mass is 16.6. The van der Waals surface area contributed by atoms with Crippen molar-refractivity contribution in [3.63, 3.8) is 0 Å². The molecule has 0 saturated carbocycles. The van der Waals surface area contributed by atoms with Crippen LogP contribution in [0.1, 0.15) is 303 Å². The number of hydrogen-bond donors (Lipinski definition) is 0. The quantitative estimate of drug-likeness (QED) is 0.0345. The predicted octanol–water partition coefficient (Wildman–Crippen LogP) is 20.5. The normalized spacial score (nSPS) is 12.6. The highest BCUT2D eigenvalue weighted by molar-refractivity contribution is 5.70. The largest absolute Gasteiger partial charge is 0.462 e. The first-order valence-corrected chi connectivity index (χ1v) is 29.8. The van der Waals surface area contributed by atoms with Gasteiger partial charge in [-0.25, -0.2) is 0 Å². The van der Waals surface area contributed by atoms with Crippen molar-refractivity contribution in [2.45, 2.75) is 309 Å². The van der Waals surface area contributed by atoms with Gasteiger partial charge in [0.15, 0.2) is 6.10 Å². The summed E-state index contributed by atoms with van der Waals surface area (Å²) in [5.74, 6) is -0.399. The Morgan fingerprint density at radius 3 is 1.09 bits per heavy atom. The molecule has 0 aliphatic carbocycles. The van der Waals surface area contributed by atoms with Crippen LogP contribution >= 0.6 is 0 Å². The van der Waals surface area contributed by atoms with Crippen LogP contribution in [0, 0.1) is 0 Å². The molecule has 0 spiro atoms. The minimum atomic E-state index is -0.546. The molecule has 5 nitrogen and oxygen atoms in total. The Bertz CT molecular complexity index is 1170. The number of allylic oxidation sites excluding steroid dienone is 10. The number of esters is 2. The van der Waals surface area contributed by atoms with E-state index in [0.29, 0.717) is 19.4 Å². The molecule has 0 aromatic rings. The minimum absolute atomic E-state index is 0.0801. The summed E-state index contributed by atoms with van der Waals surface area (Å²) < 4.78 is 17.5. The molecule has 0 aliphatic rings. The topological polar surface area (TPSA) is 61.8 Å². The molecule has 5 heteroatoms. The van der Waals surface area contributed by atoms with Crippen molar-refractivity contribution in [2.24, 2.45) is 0 Å². The van der Waals surface area contributed by atoms with Crippen molar-refractivity contribution in [1.29, 1.82) is 0 Å². The van der Waals surface area contributed by atoms with Gasteiger partial charge in [0.1, 0.15) is 6.61 Å². The molecule has 0 saturated heterocycles. The van der Waals surface area contributed by atoms with Crippen LogP contribution in [0.5, 0.6) is 0 Å². The lowest BCUT2D eigenvalue weighted by atomic mass is 10.0. The van der Waals surface area contributed by atoms with E-state index in [9.17, 15) is 9.59 Å². The van der Waals surface area contributed by atoms with Gasteiger partial charge in [0.2, 0.25) is 0 Å². The van der Waals surface area contributed by atoms with E-state index in [1.54, 1.807) is 0 Å². The first kappa shape index (κ1) is 65.6. The van der Waals surface area contributed by atoms with Crippen LogP contribution in [-0.2, 0) is 23.8 Å². The number of hydrogen-bond acceptors (Lipinski definition) is 5. The van der Waals surface area contributed by atoms with E-state index in [1.807, 2.05) is 0 Å². The van der Waals surface area contributed by atoms with Gasteiger partial charge >= 0.3 is 11.9 Å². The Hall–Kier alpha value is -2.40. The molecule has 1 atom stereocenters. The van der Waals surface area contributed by atoms with Crippen LogP contribution < -0.4 is 0 Å². The molecule has 0 amide bonds. The molecule has 0 fully saturated rings. The predicted molar refractivity (Wildman–Crippen MR) is 298 cm³/mol. The molecular formula is C63H114O5. The van der Waals surface area contributed by atoms with Crippen LogP contribution in [0.4, 0.5) is 0 Å². The highest BCUT2D eigenvalue weighted by Crippen LogP contribution is 2.16. The smallest absolute Gasteiger partial charge is 0.306 e. The lowest BCUT2D eigenvalue weighted by Gasteiger charge is -2.18. The van der Waals surface area contributed by atoms with Crippen molar-refractivity contribution < 1.29 is 23.8 Å². The lowest BCUT2D eigenvalue weighted by molar-refractivity contribution is -0.163. The molecule has 0 N–H and O–H groups in total. The van der Waals surface area contributed by atoms with Gasteiger partial charge in [-0.3, -0.25) is 9.59 Å². The first-order chi connectivity index (χ1) is 33.6. The second-order valence-corrected chi connectivity index (χ2v) is 19.9. The van der Waals surface area contributed by atoms with Crippen LogP contribution in [0.3, 0.4) is 0 Å². The number of ether oxygens (including phenoxy) is 3. The molecule has 0 aromatic heterocycles. The summed E-state index contributed by atoms with van der Waals surface area (Å²) in [6, 6.07) is 0. The van der Waals surface area contributed by atoms with Gasteiger partial charge in [-0.05, 0) is 83.5 Å². The molecule has 68 heavy (non-hydrogen) atoms. The standard InChI is InChI=1S/C63H114O5/c1-4-7-10-13-16-19-22-25-27-29-31-33-35-37-40-43-46-49-52-55-58-66-59-61(68-63(65)57-54-51-48-45-42-38-24-21-18-15-12-9-6-3)60-67-62(64)56-53-50-47-44-41-39-36-34-32-30-28-26-23-20-17-14-11-8-5-2/h7,10,16,19,21,24-25,27,31,33,61H,4-6,8-9,11-15,17-18,20,22-23,26,28-30,32,34-60H2,1-3H3/b10-7-,19-16-,24-21-,27-25-,33-31-. The fraction of sp³-hybridized carbons (Fsp3) is 0.810. The summed E-state index contributed by atoms with van der Waals surface area (Å²) in [5.41, 5.74) is 0. The average molecular weight is 952 g/mol. The first-order valence-electron chi connectivity index (χ1n) is 29.8. The van der Waals surface area contributed by atoms with Gasteiger partial charge in [0, 0.05) is 19.4 Å². The van der Waals surface area contributed by atoms with E-state index in [0.717, 1.165) is 77.0 Å². The van der Waals surface area contributed by atoms with Gasteiger partial charge in [0.05, 0.1) is 6.61 Å². The summed E-state index contributed by atoms with van der Waals surface area (Å²) in [5, 5.41) is 0. The van der Waals surface area contributed by atoms with Gasteiger partial charge in [-0.1, -0.05) is 268 Å². The fourth-order valence-electron chi connectivity index (χ4n) is 8.62. The van der Waals surface area contributed by atoms with E-state index in [1.165, 1.54) is 193 Å². The fourth-order valence-corrected chi connectivity index (χ4v) is 8.62. The third kappa shape index (κ3) is 56.2. The molecule has 396 valence electrons. The zero-order valence-corrected chi connectivity index (χ0v) is 45.6. The average Bonchev–Trinajstić information content (AvgIpc) is 3.34. The van der Waals surface area contributed by atoms with Crippen molar-refractivity contribution in [2.75, 3.05) is 19.8 Å². The third-order valence-electron chi connectivity index (χ3n) is 13.0. The third-order valence-corrected chi connectivity index (χ3v) is 13.0. The molecule has 0 radical (unpaired) electrons. The van der Waals surface area contributed by atoms with Crippen molar-refractivity contribution in [1.82, 2.24) is 0 Å². The molecule has 0 heterocycles. The Kier molecular flexibility index (Phi) is 56.8. The summed E-state index contributed by atoms with van der Waals surface area (Å²) >= 11 is 0. The lowest BCUT2D eigenvalue weighted by Crippen LogP contribution is -2.30. The monoisotopic (exact) mass is 951 g/mol. The van der Waals surface area contributed by atoms with E-state index < -0.39 is 6.10 Å². The zero-order chi connectivity index (χ0) is 49.2. The van der Waals surface area contributed by atoms with Gasteiger partial charge in [-0.15, -0.1) is 0 Å². The number of unbranched alkanes of at least 4 members (excludes halogenated alkanes) is 34. The molecular weight excluding hydrogens is 837 g/mol. The van der Waals surface area contributed by atoms with E-state index in [-0.39, 0.29) is 25.2 Å². The van der Waals surface area contributed by atoms with Crippen LogP contribution in [0.2, 0.25) is 0 Å². The molecule has 0 aliphatic heterocycles. The van der Waals surface area contributed by atoms with E-state index >= 15 is 0 Å². The SMILES string of the molecule is CC/C=C\C/C=C\C/C=C\C/C=C\CCCCCCCCCOCC(COC(=O)CCCCCCCCCCCCCCCCCCCCC)OC(=O)CCCCCCC/C=C\CCCCCC. The van der Waals surface area contributed by atoms with Gasteiger partial charge < -0.3 is 14.2 Å². The van der Waals surface area contributed by atoms with Crippen LogP contribution in [0.25, 0.3) is 0 Å². The van der Waals surface area contributed by atoms with Crippen LogP contribution in [-0.4, -0.2) is 37.9 Å².